The van der Waals surface area contributed by atoms with Crippen LogP contribution in [0.15, 0.2) is 24.5 Å². The van der Waals surface area contributed by atoms with Crippen LogP contribution in [0.3, 0.4) is 0 Å². The van der Waals surface area contributed by atoms with Crippen LogP contribution in [0.4, 0.5) is 0 Å². The van der Waals surface area contributed by atoms with Gasteiger partial charge in [0.15, 0.2) is 0 Å². The number of hydrogen-bond donors (Lipinski definition) is 0. The molecular weight excluding hydrogens is 360 g/mol. The fourth-order valence-electron chi connectivity index (χ4n) is 3.79. The van der Waals surface area contributed by atoms with Gasteiger partial charge in [0, 0.05) is 57.4 Å². The summed E-state index contributed by atoms with van der Waals surface area (Å²) in [6.45, 7) is 4.83. The lowest BCUT2D eigenvalue weighted by Crippen LogP contribution is -2.56. The molecule has 0 aromatic carbocycles. The first-order valence-electron chi connectivity index (χ1n) is 8.67. The van der Waals surface area contributed by atoms with Gasteiger partial charge >= 0.3 is 0 Å². The zero-order valence-corrected chi connectivity index (χ0v) is 15.9. The SMILES string of the molecule is CS(=O)(=O)C1CC(N2CCN(Cc3cn4cc(Cl)ccc4n3)CC2)C1. The van der Waals surface area contributed by atoms with Crippen molar-refractivity contribution >= 4 is 27.1 Å². The number of imidazole rings is 1. The van der Waals surface area contributed by atoms with E-state index < -0.39 is 9.84 Å². The van der Waals surface area contributed by atoms with Gasteiger partial charge in [0.05, 0.1) is 16.0 Å². The van der Waals surface area contributed by atoms with Gasteiger partial charge in [0.1, 0.15) is 15.5 Å². The first-order chi connectivity index (χ1) is 11.9. The van der Waals surface area contributed by atoms with Crippen LogP contribution in [0.2, 0.25) is 5.02 Å². The van der Waals surface area contributed by atoms with E-state index in [4.69, 9.17) is 11.6 Å². The van der Waals surface area contributed by atoms with E-state index in [1.165, 1.54) is 6.26 Å². The Balaban J connectivity index is 1.30. The van der Waals surface area contributed by atoms with Gasteiger partial charge in [-0.15, -0.1) is 0 Å². The number of sulfone groups is 1. The molecule has 1 saturated heterocycles. The van der Waals surface area contributed by atoms with Crippen LogP contribution in [0.5, 0.6) is 0 Å². The van der Waals surface area contributed by atoms with Crippen LogP contribution in [-0.2, 0) is 16.4 Å². The van der Waals surface area contributed by atoms with Gasteiger partial charge in [-0.25, -0.2) is 13.4 Å². The van der Waals surface area contributed by atoms with E-state index in [9.17, 15) is 8.42 Å². The van der Waals surface area contributed by atoms with Crippen LogP contribution < -0.4 is 0 Å². The molecule has 0 unspecified atom stereocenters. The van der Waals surface area contributed by atoms with E-state index in [2.05, 4.69) is 14.8 Å². The normalized spacial score (nSPS) is 26.0. The predicted octanol–water partition coefficient (Wildman–Crippen LogP) is 1.68. The van der Waals surface area contributed by atoms with Crippen molar-refractivity contribution in [1.82, 2.24) is 19.2 Å². The topological polar surface area (TPSA) is 57.9 Å². The average molecular weight is 383 g/mol. The Bertz CT molecular complexity index is 868. The summed E-state index contributed by atoms with van der Waals surface area (Å²) in [6, 6.07) is 4.23. The van der Waals surface area contributed by atoms with Crippen LogP contribution in [0, 0.1) is 0 Å². The molecule has 8 heteroatoms. The lowest BCUT2D eigenvalue weighted by molar-refractivity contribution is 0.0598. The van der Waals surface area contributed by atoms with Crippen LogP contribution in [-0.4, -0.2) is 71.3 Å². The number of piperazine rings is 1. The maximum atomic E-state index is 11.5. The minimum atomic E-state index is -2.86. The highest BCUT2D eigenvalue weighted by molar-refractivity contribution is 7.91. The molecule has 2 aliphatic rings. The summed E-state index contributed by atoms with van der Waals surface area (Å²) in [5.41, 5.74) is 1.97. The van der Waals surface area contributed by atoms with E-state index in [-0.39, 0.29) is 5.25 Å². The first-order valence-corrected chi connectivity index (χ1v) is 11.0. The molecule has 0 bridgehead atoms. The quantitative estimate of drug-likeness (QED) is 0.805. The lowest BCUT2D eigenvalue weighted by atomic mass is 9.90. The lowest BCUT2D eigenvalue weighted by Gasteiger charge is -2.45. The predicted molar refractivity (Wildman–Crippen MR) is 98.7 cm³/mol. The Hall–Kier alpha value is -1.15. The van der Waals surface area contributed by atoms with Gasteiger partial charge < -0.3 is 4.40 Å². The van der Waals surface area contributed by atoms with Crippen molar-refractivity contribution in [1.29, 1.82) is 0 Å². The molecule has 0 atom stereocenters. The summed E-state index contributed by atoms with van der Waals surface area (Å²) in [7, 11) is -2.86. The molecule has 6 nitrogen and oxygen atoms in total. The fraction of sp³-hybridized carbons (Fsp3) is 0.588. The molecule has 2 aromatic rings. The van der Waals surface area contributed by atoms with Gasteiger partial charge in [-0.3, -0.25) is 9.80 Å². The van der Waals surface area contributed by atoms with Crippen molar-refractivity contribution in [2.24, 2.45) is 0 Å². The Labute approximate surface area is 153 Å². The summed E-state index contributed by atoms with van der Waals surface area (Å²) in [4.78, 5) is 9.50. The summed E-state index contributed by atoms with van der Waals surface area (Å²) in [6.07, 6.45) is 6.86. The van der Waals surface area contributed by atoms with E-state index in [0.717, 1.165) is 56.9 Å². The smallest absolute Gasteiger partial charge is 0.150 e. The highest BCUT2D eigenvalue weighted by atomic mass is 35.5. The van der Waals surface area contributed by atoms with Crippen molar-refractivity contribution in [3.63, 3.8) is 0 Å². The number of hydrogen-bond acceptors (Lipinski definition) is 5. The summed E-state index contributed by atoms with van der Waals surface area (Å²) in [5, 5.41) is 0.582. The zero-order valence-electron chi connectivity index (χ0n) is 14.3. The number of pyridine rings is 1. The molecule has 0 spiro atoms. The molecule has 0 N–H and O–H groups in total. The fourth-order valence-corrected chi connectivity index (χ4v) is 5.11. The minimum Gasteiger partial charge on any atom is -0.305 e. The highest BCUT2D eigenvalue weighted by Crippen LogP contribution is 2.31. The van der Waals surface area contributed by atoms with Crippen molar-refractivity contribution in [3.8, 4) is 0 Å². The second-order valence-corrected chi connectivity index (χ2v) is 10.00. The number of rotatable bonds is 4. The maximum absolute atomic E-state index is 11.5. The van der Waals surface area contributed by atoms with Gasteiger partial charge in [-0.05, 0) is 25.0 Å². The van der Waals surface area contributed by atoms with Crippen molar-refractivity contribution in [2.45, 2.75) is 30.7 Å². The number of halogens is 1. The Morgan fingerprint density at radius 3 is 2.56 bits per heavy atom. The van der Waals surface area contributed by atoms with Crippen LogP contribution >= 0.6 is 11.6 Å². The van der Waals surface area contributed by atoms with Gasteiger partial charge in [0.2, 0.25) is 0 Å². The minimum absolute atomic E-state index is 0.125. The number of nitrogens with zero attached hydrogens (tertiary/aromatic N) is 4. The molecule has 4 rings (SSSR count). The third-order valence-electron chi connectivity index (χ3n) is 5.45. The van der Waals surface area contributed by atoms with Gasteiger partial charge in [0.25, 0.3) is 0 Å². The number of aromatic nitrogens is 2. The second-order valence-electron chi connectivity index (χ2n) is 7.23. The average Bonchev–Trinajstić information content (AvgIpc) is 2.87. The Morgan fingerprint density at radius 2 is 1.88 bits per heavy atom. The van der Waals surface area contributed by atoms with Crippen LogP contribution in [0.1, 0.15) is 18.5 Å². The van der Waals surface area contributed by atoms with E-state index in [1.807, 2.05) is 28.9 Å². The third kappa shape index (κ3) is 3.69. The van der Waals surface area contributed by atoms with Gasteiger partial charge in [-0.1, -0.05) is 11.6 Å². The monoisotopic (exact) mass is 382 g/mol. The molecule has 0 amide bonds. The van der Waals surface area contributed by atoms with Crippen molar-refractivity contribution in [2.75, 3.05) is 32.4 Å². The zero-order chi connectivity index (χ0) is 17.6. The molecule has 0 radical (unpaired) electrons. The first kappa shape index (κ1) is 17.3. The molecule has 1 saturated carbocycles. The van der Waals surface area contributed by atoms with E-state index in [0.29, 0.717) is 11.1 Å². The van der Waals surface area contributed by atoms with Crippen molar-refractivity contribution < 1.29 is 8.42 Å². The molecule has 2 fully saturated rings. The molecule has 1 aliphatic carbocycles. The van der Waals surface area contributed by atoms with Crippen molar-refractivity contribution in [3.05, 3.63) is 35.2 Å². The maximum Gasteiger partial charge on any atom is 0.150 e. The molecule has 3 heterocycles. The largest absolute Gasteiger partial charge is 0.305 e. The third-order valence-corrected chi connectivity index (χ3v) is 7.27. The summed E-state index contributed by atoms with van der Waals surface area (Å²) < 4.78 is 25.1. The van der Waals surface area contributed by atoms with E-state index >= 15 is 0 Å². The second kappa shape index (κ2) is 6.54. The Kier molecular flexibility index (Phi) is 4.52. The highest BCUT2D eigenvalue weighted by Gasteiger charge is 2.40. The van der Waals surface area contributed by atoms with Gasteiger partial charge in [-0.2, -0.15) is 0 Å². The van der Waals surface area contributed by atoms with Crippen LogP contribution in [0.25, 0.3) is 5.65 Å². The molecule has 136 valence electrons. The standard InChI is InChI=1S/C17H23ClN4O2S/c1-25(23,24)16-8-15(9-16)21-6-4-20(5-7-21)11-14-12-22-10-13(18)2-3-17(22)19-14/h2-3,10,12,15-16H,4-9,11H2,1H3. The summed E-state index contributed by atoms with van der Waals surface area (Å²) in [5.74, 6) is 0. The van der Waals surface area contributed by atoms with E-state index in [1.54, 1.807) is 0 Å². The molecule has 1 aliphatic heterocycles. The molecule has 25 heavy (non-hydrogen) atoms. The Morgan fingerprint density at radius 1 is 1.16 bits per heavy atom. The molecule has 2 aromatic heterocycles. The summed E-state index contributed by atoms with van der Waals surface area (Å²) >= 11 is 6.02. The number of fused-ring (bicyclic) bond motifs is 1. The molecular formula is C17H23ClN4O2S.